The molecule has 14 heavy (non-hydrogen) atoms. The van der Waals surface area contributed by atoms with E-state index in [0.29, 0.717) is 5.84 Å². The second-order valence-electron chi connectivity index (χ2n) is 2.50. The standard InChI is InChI=1S/C10H13N3O/c1-11-13-10(12-8-14-2)9-6-4-3-5-7-9/h3-8,11H,1-2H3/b12-8?,13-10+. The fraction of sp³-hybridized carbons (Fsp3) is 0.200. The van der Waals surface area contributed by atoms with Gasteiger partial charge in [0.2, 0.25) is 0 Å². The third-order valence-electron chi connectivity index (χ3n) is 1.53. The molecule has 0 aromatic heterocycles. The molecule has 0 unspecified atom stereocenters. The molecule has 4 nitrogen and oxygen atoms in total. The molecule has 1 N–H and O–H groups in total. The van der Waals surface area contributed by atoms with E-state index in [4.69, 9.17) is 4.74 Å². The van der Waals surface area contributed by atoms with Gasteiger partial charge in [0.1, 0.15) is 0 Å². The van der Waals surface area contributed by atoms with E-state index >= 15 is 0 Å². The van der Waals surface area contributed by atoms with Gasteiger partial charge in [0.15, 0.2) is 12.2 Å². The molecule has 0 heterocycles. The second-order valence-corrected chi connectivity index (χ2v) is 2.50. The molecular formula is C10H13N3O. The van der Waals surface area contributed by atoms with E-state index in [2.05, 4.69) is 15.5 Å². The number of ether oxygens (including phenoxy) is 1. The lowest BCUT2D eigenvalue weighted by Crippen LogP contribution is -2.05. The minimum Gasteiger partial charge on any atom is -0.486 e. The van der Waals surface area contributed by atoms with Crippen LogP contribution >= 0.6 is 0 Å². The Bertz CT molecular complexity index is 319. The minimum atomic E-state index is 0.593. The molecule has 0 saturated heterocycles. The van der Waals surface area contributed by atoms with Gasteiger partial charge in [-0.3, -0.25) is 0 Å². The van der Waals surface area contributed by atoms with Gasteiger partial charge in [0.25, 0.3) is 0 Å². The number of hydrogen-bond acceptors (Lipinski definition) is 3. The first kappa shape index (κ1) is 10.2. The minimum absolute atomic E-state index is 0.593. The first-order valence-electron chi connectivity index (χ1n) is 4.23. The Morgan fingerprint density at radius 3 is 2.64 bits per heavy atom. The lowest BCUT2D eigenvalue weighted by Gasteiger charge is -1.99. The van der Waals surface area contributed by atoms with E-state index in [1.54, 1.807) is 14.2 Å². The van der Waals surface area contributed by atoms with Crippen LogP contribution in [0.4, 0.5) is 0 Å². The fourth-order valence-electron chi connectivity index (χ4n) is 0.964. The molecular weight excluding hydrogens is 178 g/mol. The number of methoxy groups -OCH3 is 1. The van der Waals surface area contributed by atoms with Gasteiger partial charge in [-0.15, -0.1) is 0 Å². The molecule has 1 rings (SSSR count). The summed E-state index contributed by atoms with van der Waals surface area (Å²) in [5.74, 6) is 0.593. The molecule has 0 aliphatic rings. The molecule has 4 heteroatoms. The highest BCUT2D eigenvalue weighted by atomic mass is 16.5. The number of aliphatic imine (C=N–C) groups is 1. The van der Waals surface area contributed by atoms with Crippen LogP contribution in [0.15, 0.2) is 40.4 Å². The molecule has 0 aliphatic carbocycles. The maximum atomic E-state index is 4.74. The predicted molar refractivity (Wildman–Crippen MR) is 57.5 cm³/mol. The Morgan fingerprint density at radius 2 is 2.07 bits per heavy atom. The average molecular weight is 191 g/mol. The lowest BCUT2D eigenvalue weighted by molar-refractivity contribution is 0.423. The first-order chi connectivity index (χ1) is 6.88. The number of nitrogens with one attached hydrogen (secondary N) is 1. The Balaban J connectivity index is 2.90. The molecule has 0 saturated carbocycles. The zero-order chi connectivity index (χ0) is 10.2. The number of benzene rings is 1. The van der Waals surface area contributed by atoms with Crippen molar-refractivity contribution < 1.29 is 4.74 Å². The van der Waals surface area contributed by atoms with E-state index in [1.165, 1.54) is 6.40 Å². The number of hydrazone groups is 1. The van der Waals surface area contributed by atoms with E-state index < -0.39 is 0 Å². The van der Waals surface area contributed by atoms with Crippen LogP contribution in [0.25, 0.3) is 0 Å². The Hall–Kier alpha value is -1.84. The maximum Gasteiger partial charge on any atom is 0.181 e. The van der Waals surface area contributed by atoms with Crippen molar-refractivity contribution in [2.24, 2.45) is 10.1 Å². The van der Waals surface area contributed by atoms with Crippen molar-refractivity contribution in [3.05, 3.63) is 35.9 Å². The third-order valence-corrected chi connectivity index (χ3v) is 1.53. The van der Waals surface area contributed by atoms with Gasteiger partial charge in [0.05, 0.1) is 7.11 Å². The zero-order valence-electron chi connectivity index (χ0n) is 8.27. The molecule has 0 radical (unpaired) electrons. The van der Waals surface area contributed by atoms with E-state index in [9.17, 15) is 0 Å². The van der Waals surface area contributed by atoms with Crippen LogP contribution in [0.3, 0.4) is 0 Å². The monoisotopic (exact) mass is 191 g/mol. The van der Waals surface area contributed by atoms with Crippen molar-refractivity contribution in [3.63, 3.8) is 0 Å². The fourth-order valence-corrected chi connectivity index (χ4v) is 0.964. The summed E-state index contributed by atoms with van der Waals surface area (Å²) in [5, 5.41) is 4.02. The Labute approximate surface area is 83.3 Å². The SMILES string of the molecule is CN/N=C(/N=COC)c1ccccc1. The molecule has 0 fully saturated rings. The van der Waals surface area contributed by atoms with Crippen molar-refractivity contribution in [1.29, 1.82) is 0 Å². The number of amidine groups is 1. The van der Waals surface area contributed by atoms with Crippen LogP contribution in [0, 0.1) is 0 Å². The molecule has 0 amide bonds. The van der Waals surface area contributed by atoms with Crippen LogP contribution < -0.4 is 5.43 Å². The summed E-state index contributed by atoms with van der Waals surface area (Å²) >= 11 is 0. The highest BCUT2D eigenvalue weighted by Crippen LogP contribution is 2.01. The predicted octanol–water partition coefficient (Wildman–Crippen LogP) is 1.24. The average Bonchev–Trinajstić information content (AvgIpc) is 2.25. The van der Waals surface area contributed by atoms with Crippen LogP contribution in [0.1, 0.15) is 5.56 Å². The molecule has 0 bridgehead atoms. The van der Waals surface area contributed by atoms with Crippen molar-refractivity contribution in [3.8, 4) is 0 Å². The van der Waals surface area contributed by atoms with Crippen LogP contribution in [0.2, 0.25) is 0 Å². The third kappa shape index (κ3) is 2.90. The zero-order valence-corrected chi connectivity index (χ0v) is 8.27. The summed E-state index contributed by atoms with van der Waals surface area (Å²) in [6.45, 7) is 0. The second kappa shape index (κ2) is 5.75. The molecule has 1 aromatic rings. The summed E-state index contributed by atoms with van der Waals surface area (Å²) in [5.41, 5.74) is 3.63. The smallest absolute Gasteiger partial charge is 0.181 e. The molecule has 0 spiro atoms. The van der Waals surface area contributed by atoms with Crippen LogP contribution in [-0.2, 0) is 4.74 Å². The van der Waals surface area contributed by atoms with Gasteiger partial charge in [-0.25, -0.2) is 0 Å². The largest absolute Gasteiger partial charge is 0.486 e. The Kier molecular flexibility index (Phi) is 4.20. The Morgan fingerprint density at radius 1 is 1.36 bits per heavy atom. The number of rotatable bonds is 3. The summed E-state index contributed by atoms with van der Waals surface area (Å²) in [6.07, 6.45) is 1.35. The maximum absolute atomic E-state index is 4.74. The van der Waals surface area contributed by atoms with Gasteiger partial charge >= 0.3 is 0 Å². The van der Waals surface area contributed by atoms with Gasteiger partial charge in [-0.05, 0) is 0 Å². The van der Waals surface area contributed by atoms with Gasteiger partial charge in [-0.2, -0.15) is 10.1 Å². The number of nitrogens with zero attached hydrogens (tertiary/aromatic N) is 2. The summed E-state index contributed by atoms with van der Waals surface area (Å²) < 4.78 is 4.74. The van der Waals surface area contributed by atoms with Gasteiger partial charge < -0.3 is 10.2 Å². The van der Waals surface area contributed by atoms with Crippen molar-refractivity contribution in [1.82, 2.24) is 5.43 Å². The summed E-state index contributed by atoms with van der Waals surface area (Å²) in [6, 6.07) is 9.68. The highest BCUT2D eigenvalue weighted by molar-refractivity contribution is 6.02. The summed E-state index contributed by atoms with van der Waals surface area (Å²) in [7, 11) is 3.27. The van der Waals surface area contributed by atoms with E-state index in [1.807, 2.05) is 30.3 Å². The topological polar surface area (TPSA) is 46.0 Å². The van der Waals surface area contributed by atoms with Crippen LogP contribution in [0.5, 0.6) is 0 Å². The lowest BCUT2D eigenvalue weighted by atomic mass is 10.2. The normalized spacial score (nSPS) is 11.7. The van der Waals surface area contributed by atoms with E-state index in [0.717, 1.165) is 5.56 Å². The van der Waals surface area contributed by atoms with E-state index in [-0.39, 0.29) is 0 Å². The van der Waals surface area contributed by atoms with Gasteiger partial charge in [0, 0.05) is 12.6 Å². The quantitative estimate of drug-likeness (QED) is 0.444. The molecule has 0 aliphatic heterocycles. The molecule has 0 atom stereocenters. The molecule has 1 aromatic carbocycles. The van der Waals surface area contributed by atoms with Crippen LogP contribution in [-0.4, -0.2) is 26.4 Å². The molecule has 74 valence electrons. The number of hydrogen-bond donors (Lipinski definition) is 1. The highest BCUT2D eigenvalue weighted by Gasteiger charge is 1.98. The summed E-state index contributed by atoms with van der Waals surface area (Å²) in [4.78, 5) is 4.04. The van der Waals surface area contributed by atoms with Crippen molar-refractivity contribution in [2.75, 3.05) is 14.2 Å². The first-order valence-corrected chi connectivity index (χ1v) is 4.23. The van der Waals surface area contributed by atoms with Crippen molar-refractivity contribution >= 4 is 12.2 Å². The van der Waals surface area contributed by atoms with Crippen molar-refractivity contribution in [2.45, 2.75) is 0 Å². The van der Waals surface area contributed by atoms with Gasteiger partial charge in [-0.1, -0.05) is 30.3 Å².